The number of nitrogens with one attached hydrogen (secondary N) is 1. The summed E-state index contributed by atoms with van der Waals surface area (Å²) >= 11 is 0. The lowest BCUT2D eigenvalue weighted by molar-refractivity contribution is -0.120. The predicted molar refractivity (Wildman–Crippen MR) is 107 cm³/mol. The van der Waals surface area contributed by atoms with Crippen LogP contribution in [-0.2, 0) is 14.8 Å². The van der Waals surface area contributed by atoms with Crippen LogP contribution in [0.2, 0.25) is 0 Å². The number of hydrogen-bond donors (Lipinski definition) is 1. The summed E-state index contributed by atoms with van der Waals surface area (Å²) < 4.78 is 27.7. The van der Waals surface area contributed by atoms with Crippen molar-refractivity contribution in [3.05, 3.63) is 60.2 Å². The summed E-state index contributed by atoms with van der Waals surface area (Å²) in [7, 11) is -3.84. The van der Waals surface area contributed by atoms with Crippen molar-refractivity contribution >= 4 is 21.6 Å². The zero-order valence-electron chi connectivity index (χ0n) is 15.6. The maximum absolute atomic E-state index is 13.3. The monoisotopic (exact) mass is 386 g/mol. The highest BCUT2D eigenvalue weighted by Gasteiger charge is 2.28. The van der Waals surface area contributed by atoms with E-state index in [1.54, 1.807) is 42.5 Å². The number of aryl methyl sites for hydroxylation is 1. The van der Waals surface area contributed by atoms with Gasteiger partial charge in [0.15, 0.2) is 0 Å². The summed E-state index contributed by atoms with van der Waals surface area (Å²) in [4.78, 5) is 12.8. The van der Waals surface area contributed by atoms with Gasteiger partial charge < -0.3 is 5.32 Å². The van der Waals surface area contributed by atoms with E-state index in [4.69, 9.17) is 0 Å². The molecule has 144 valence electrons. The minimum atomic E-state index is -3.84. The van der Waals surface area contributed by atoms with E-state index in [1.807, 2.05) is 19.1 Å². The second-order valence-corrected chi connectivity index (χ2v) is 8.88. The van der Waals surface area contributed by atoms with Crippen LogP contribution in [0.1, 0.15) is 37.7 Å². The molecular weight excluding hydrogens is 360 g/mol. The summed E-state index contributed by atoms with van der Waals surface area (Å²) in [6.45, 7) is 1.63. The van der Waals surface area contributed by atoms with E-state index in [9.17, 15) is 13.2 Å². The Labute approximate surface area is 161 Å². The molecule has 0 heterocycles. The van der Waals surface area contributed by atoms with Crippen LogP contribution in [0, 0.1) is 6.92 Å². The van der Waals surface area contributed by atoms with Crippen molar-refractivity contribution in [2.75, 3.05) is 10.8 Å². The molecule has 1 aliphatic carbocycles. The molecule has 0 atom stereocenters. The molecule has 0 saturated heterocycles. The number of carbonyl (C=O) groups excluding carboxylic acids is 1. The molecule has 0 bridgehead atoms. The van der Waals surface area contributed by atoms with Gasteiger partial charge in [0, 0.05) is 6.04 Å². The van der Waals surface area contributed by atoms with Crippen LogP contribution in [-0.4, -0.2) is 26.9 Å². The summed E-state index contributed by atoms with van der Waals surface area (Å²) in [6.07, 6.45) is 5.33. The number of carbonyl (C=O) groups is 1. The van der Waals surface area contributed by atoms with Crippen LogP contribution < -0.4 is 9.62 Å². The fraction of sp³-hybridized carbons (Fsp3) is 0.381. The SMILES string of the molecule is Cc1ccccc1N(CC(=O)NC1CCCCC1)S(=O)(=O)c1ccccc1. The molecule has 3 rings (SSSR count). The van der Waals surface area contributed by atoms with Gasteiger partial charge in [-0.05, 0) is 43.5 Å². The Kier molecular flexibility index (Phi) is 6.16. The average Bonchev–Trinajstić information content (AvgIpc) is 2.68. The van der Waals surface area contributed by atoms with Crippen LogP contribution in [0.5, 0.6) is 0 Å². The van der Waals surface area contributed by atoms with Gasteiger partial charge >= 0.3 is 0 Å². The molecule has 1 fully saturated rings. The Hall–Kier alpha value is -2.34. The van der Waals surface area contributed by atoms with Gasteiger partial charge in [-0.2, -0.15) is 0 Å². The molecule has 1 saturated carbocycles. The standard InChI is InChI=1S/C21H26N2O3S/c1-17-10-8-9-15-20(17)23(27(25,26)19-13-6-3-7-14-19)16-21(24)22-18-11-4-2-5-12-18/h3,6-10,13-15,18H,2,4-5,11-12,16H2,1H3,(H,22,24). The molecule has 1 N–H and O–H groups in total. The van der Waals surface area contributed by atoms with Crippen LogP contribution in [0.4, 0.5) is 5.69 Å². The number of rotatable bonds is 6. The first-order valence-electron chi connectivity index (χ1n) is 9.41. The Morgan fingerprint density at radius 1 is 1.00 bits per heavy atom. The van der Waals surface area contributed by atoms with Crippen molar-refractivity contribution in [1.82, 2.24) is 5.32 Å². The summed E-state index contributed by atoms with van der Waals surface area (Å²) in [5.41, 5.74) is 1.34. The zero-order chi connectivity index (χ0) is 19.3. The summed E-state index contributed by atoms with van der Waals surface area (Å²) in [6, 6.07) is 15.6. The lowest BCUT2D eigenvalue weighted by atomic mass is 9.95. The van der Waals surface area contributed by atoms with Crippen LogP contribution in [0.25, 0.3) is 0 Å². The number of amides is 1. The Morgan fingerprint density at radius 3 is 2.30 bits per heavy atom. The zero-order valence-corrected chi connectivity index (χ0v) is 16.4. The van der Waals surface area contributed by atoms with Crippen molar-refractivity contribution in [3.63, 3.8) is 0 Å². The van der Waals surface area contributed by atoms with E-state index in [0.29, 0.717) is 5.69 Å². The first-order valence-corrected chi connectivity index (χ1v) is 10.9. The van der Waals surface area contributed by atoms with E-state index in [0.717, 1.165) is 31.2 Å². The highest BCUT2D eigenvalue weighted by atomic mass is 32.2. The topological polar surface area (TPSA) is 66.5 Å². The molecule has 0 radical (unpaired) electrons. The highest BCUT2D eigenvalue weighted by molar-refractivity contribution is 7.92. The predicted octanol–water partition coefficient (Wildman–Crippen LogP) is 3.64. The van der Waals surface area contributed by atoms with Crippen LogP contribution in [0.3, 0.4) is 0 Å². The van der Waals surface area contributed by atoms with Crippen LogP contribution >= 0.6 is 0 Å². The second-order valence-electron chi connectivity index (χ2n) is 7.01. The number of sulfonamides is 1. The molecule has 0 aliphatic heterocycles. The number of benzene rings is 2. The van der Waals surface area contributed by atoms with E-state index < -0.39 is 10.0 Å². The highest BCUT2D eigenvalue weighted by Crippen LogP contribution is 2.26. The van der Waals surface area contributed by atoms with Gasteiger partial charge in [-0.25, -0.2) is 8.42 Å². The van der Waals surface area contributed by atoms with Gasteiger partial charge in [-0.3, -0.25) is 9.10 Å². The fourth-order valence-corrected chi connectivity index (χ4v) is 5.02. The molecule has 6 heteroatoms. The number of anilines is 1. The molecule has 27 heavy (non-hydrogen) atoms. The molecule has 0 unspecified atom stereocenters. The Balaban J connectivity index is 1.89. The van der Waals surface area contributed by atoms with Gasteiger partial charge in [-0.1, -0.05) is 55.7 Å². The van der Waals surface area contributed by atoms with Crippen molar-refractivity contribution in [1.29, 1.82) is 0 Å². The van der Waals surface area contributed by atoms with E-state index in [2.05, 4.69) is 5.32 Å². The van der Waals surface area contributed by atoms with Crippen molar-refractivity contribution < 1.29 is 13.2 Å². The molecule has 2 aromatic rings. The number of para-hydroxylation sites is 1. The molecule has 5 nitrogen and oxygen atoms in total. The Morgan fingerprint density at radius 2 is 1.63 bits per heavy atom. The first-order chi connectivity index (χ1) is 13.0. The Bertz CT molecular complexity index is 875. The second kappa shape index (κ2) is 8.57. The summed E-state index contributed by atoms with van der Waals surface area (Å²) in [5.74, 6) is -0.260. The molecule has 1 amide bonds. The normalized spacial score (nSPS) is 15.3. The quantitative estimate of drug-likeness (QED) is 0.824. The lowest BCUT2D eigenvalue weighted by Gasteiger charge is -2.28. The summed E-state index contributed by atoms with van der Waals surface area (Å²) in [5, 5.41) is 3.02. The van der Waals surface area contributed by atoms with Gasteiger partial charge in [-0.15, -0.1) is 0 Å². The minimum absolute atomic E-state index is 0.143. The van der Waals surface area contributed by atoms with Gasteiger partial charge in [0.1, 0.15) is 6.54 Å². The first kappa shape index (κ1) is 19.4. The average molecular weight is 387 g/mol. The third-order valence-electron chi connectivity index (χ3n) is 4.97. The van der Waals surface area contributed by atoms with Gasteiger partial charge in [0.05, 0.1) is 10.6 Å². The maximum Gasteiger partial charge on any atom is 0.264 e. The molecule has 0 spiro atoms. The van der Waals surface area contributed by atoms with E-state index in [-0.39, 0.29) is 23.4 Å². The largest absolute Gasteiger partial charge is 0.352 e. The van der Waals surface area contributed by atoms with Crippen molar-refractivity contribution in [2.45, 2.75) is 50.0 Å². The molecule has 1 aliphatic rings. The smallest absolute Gasteiger partial charge is 0.264 e. The van der Waals surface area contributed by atoms with Crippen molar-refractivity contribution in [2.24, 2.45) is 0 Å². The third-order valence-corrected chi connectivity index (χ3v) is 6.75. The van der Waals surface area contributed by atoms with E-state index in [1.165, 1.54) is 10.7 Å². The minimum Gasteiger partial charge on any atom is -0.352 e. The van der Waals surface area contributed by atoms with Crippen molar-refractivity contribution in [3.8, 4) is 0 Å². The number of hydrogen-bond acceptors (Lipinski definition) is 3. The van der Waals surface area contributed by atoms with Crippen LogP contribution in [0.15, 0.2) is 59.5 Å². The fourth-order valence-electron chi connectivity index (χ4n) is 3.51. The molecular formula is C21H26N2O3S. The van der Waals surface area contributed by atoms with Gasteiger partial charge in [0.25, 0.3) is 10.0 Å². The third kappa shape index (κ3) is 4.69. The van der Waals surface area contributed by atoms with Gasteiger partial charge in [0.2, 0.25) is 5.91 Å². The lowest BCUT2D eigenvalue weighted by Crippen LogP contribution is -2.45. The molecule has 0 aromatic heterocycles. The number of nitrogens with zero attached hydrogens (tertiary/aromatic N) is 1. The maximum atomic E-state index is 13.3. The molecule has 2 aromatic carbocycles. The van der Waals surface area contributed by atoms with E-state index >= 15 is 0 Å².